The lowest BCUT2D eigenvalue weighted by Crippen LogP contribution is -2.46. The molecular formula is C28H21ClN4O3. The maximum atomic E-state index is 13.7. The van der Waals surface area contributed by atoms with Crippen LogP contribution in [0.1, 0.15) is 37.7 Å². The first kappa shape index (κ1) is 23.4. The number of nitrogens with one attached hydrogen (secondary N) is 1. The quantitative estimate of drug-likeness (QED) is 0.395. The van der Waals surface area contributed by atoms with Gasteiger partial charge in [-0.3, -0.25) is 24.4 Å². The molecule has 0 radical (unpaired) electrons. The van der Waals surface area contributed by atoms with Gasteiger partial charge in [-0.05, 0) is 48.0 Å². The van der Waals surface area contributed by atoms with Gasteiger partial charge < -0.3 is 10.2 Å². The van der Waals surface area contributed by atoms with E-state index >= 15 is 0 Å². The molecule has 3 heterocycles. The summed E-state index contributed by atoms with van der Waals surface area (Å²) in [5.41, 5.74) is 3.05. The average Bonchev–Trinajstić information content (AvgIpc) is 2.99. The van der Waals surface area contributed by atoms with Crippen molar-refractivity contribution in [1.29, 1.82) is 0 Å². The SMILES string of the molecule is O=C(c1ccc(CN2C(=O)c3ccc(Cl)cc3NC(=O)[C@H]2Cc2ccccn2)cc1)c1ccccn1. The van der Waals surface area contributed by atoms with Crippen LogP contribution in [0.15, 0.2) is 91.3 Å². The van der Waals surface area contributed by atoms with Crippen LogP contribution in [0.2, 0.25) is 5.02 Å². The molecule has 0 saturated carbocycles. The summed E-state index contributed by atoms with van der Waals surface area (Å²) < 4.78 is 0. The Morgan fingerprint density at radius 2 is 1.67 bits per heavy atom. The predicted octanol–water partition coefficient (Wildman–Crippen LogP) is 4.57. The fourth-order valence-electron chi connectivity index (χ4n) is 4.17. The Balaban J connectivity index is 1.46. The number of hydrogen-bond acceptors (Lipinski definition) is 5. The zero-order valence-electron chi connectivity index (χ0n) is 19.1. The highest BCUT2D eigenvalue weighted by atomic mass is 35.5. The molecule has 36 heavy (non-hydrogen) atoms. The molecule has 0 fully saturated rings. The van der Waals surface area contributed by atoms with Gasteiger partial charge in [-0.2, -0.15) is 0 Å². The van der Waals surface area contributed by atoms with Crippen molar-refractivity contribution in [3.05, 3.63) is 124 Å². The second kappa shape index (κ2) is 10.1. The van der Waals surface area contributed by atoms with Gasteiger partial charge in [0.25, 0.3) is 5.91 Å². The maximum Gasteiger partial charge on any atom is 0.256 e. The third kappa shape index (κ3) is 4.87. The average molecular weight is 497 g/mol. The number of pyridine rings is 2. The van der Waals surface area contributed by atoms with Crippen LogP contribution >= 0.6 is 11.6 Å². The number of aromatic nitrogens is 2. The van der Waals surface area contributed by atoms with Crippen LogP contribution in [0.5, 0.6) is 0 Å². The standard InChI is InChI=1S/C28H21ClN4O3/c29-20-11-12-22-24(15-20)32-27(35)25(16-21-5-1-3-13-30-21)33(28(22)36)17-18-7-9-19(10-8-18)26(34)23-6-2-4-14-31-23/h1-15,25H,16-17H2,(H,32,35)/t25-/m1/s1. The van der Waals surface area contributed by atoms with Gasteiger partial charge >= 0.3 is 0 Å². The van der Waals surface area contributed by atoms with E-state index in [4.69, 9.17) is 11.6 Å². The number of amides is 2. The number of carbonyl (C=O) groups excluding carboxylic acids is 3. The lowest BCUT2D eigenvalue weighted by molar-refractivity contribution is -0.120. The van der Waals surface area contributed by atoms with Crippen molar-refractivity contribution >= 4 is 34.9 Å². The number of halogens is 1. The summed E-state index contributed by atoms with van der Waals surface area (Å²) in [5, 5.41) is 3.28. The molecule has 2 amide bonds. The number of rotatable bonds is 6. The van der Waals surface area contributed by atoms with Crippen LogP contribution in [-0.2, 0) is 17.8 Å². The monoisotopic (exact) mass is 496 g/mol. The van der Waals surface area contributed by atoms with Gasteiger partial charge in [0.2, 0.25) is 11.7 Å². The smallest absolute Gasteiger partial charge is 0.256 e. The molecule has 0 spiro atoms. The summed E-state index contributed by atoms with van der Waals surface area (Å²) >= 11 is 6.12. The maximum absolute atomic E-state index is 13.7. The molecule has 178 valence electrons. The van der Waals surface area contributed by atoms with E-state index in [1.54, 1.807) is 84.0 Å². The molecule has 0 aliphatic carbocycles. The highest BCUT2D eigenvalue weighted by molar-refractivity contribution is 6.31. The molecule has 7 nitrogen and oxygen atoms in total. The van der Waals surface area contributed by atoms with E-state index in [-0.39, 0.29) is 30.6 Å². The Bertz CT molecular complexity index is 1430. The summed E-state index contributed by atoms with van der Waals surface area (Å²) in [7, 11) is 0. The minimum Gasteiger partial charge on any atom is -0.323 e. The first-order valence-corrected chi connectivity index (χ1v) is 11.7. The molecule has 0 unspecified atom stereocenters. The van der Waals surface area contributed by atoms with E-state index in [1.807, 2.05) is 12.1 Å². The predicted molar refractivity (Wildman–Crippen MR) is 136 cm³/mol. The summed E-state index contributed by atoms with van der Waals surface area (Å²) in [6, 6.07) is 21.6. The Morgan fingerprint density at radius 3 is 2.36 bits per heavy atom. The van der Waals surface area contributed by atoms with Crippen molar-refractivity contribution in [3.8, 4) is 0 Å². The number of ketones is 1. The van der Waals surface area contributed by atoms with Crippen LogP contribution < -0.4 is 5.32 Å². The number of anilines is 1. The molecule has 1 atom stereocenters. The number of nitrogens with zero attached hydrogens (tertiary/aromatic N) is 3. The molecule has 1 aliphatic rings. The Kier molecular flexibility index (Phi) is 6.56. The third-order valence-electron chi connectivity index (χ3n) is 6.00. The van der Waals surface area contributed by atoms with Crippen LogP contribution in [0.3, 0.4) is 0 Å². The molecular weight excluding hydrogens is 476 g/mol. The largest absolute Gasteiger partial charge is 0.323 e. The Hall–Kier alpha value is -4.36. The molecule has 1 aliphatic heterocycles. The van der Waals surface area contributed by atoms with Crippen molar-refractivity contribution in [1.82, 2.24) is 14.9 Å². The first-order valence-electron chi connectivity index (χ1n) is 11.4. The van der Waals surface area contributed by atoms with E-state index < -0.39 is 6.04 Å². The van der Waals surface area contributed by atoms with E-state index in [2.05, 4.69) is 15.3 Å². The van der Waals surface area contributed by atoms with Crippen LogP contribution in [0, 0.1) is 0 Å². The second-order valence-corrected chi connectivity index (χ2v) is 8.83. The van der Waals surface area contributed by atoms with Crippen LogP contribution in [0.4, 0.5) is 5.69 Å². The highest BCUT2D eigenvalue weighted by Gasteiger charge is 2.36. The molecule has 2 aromatic heterocycles. The summed E-state index contributed by atoms with van der Waals surface area (Å²) in [6.45, 7) is 0.171. The normalized spacial score (nSPS) is 15.1. The molecule has 0 saturated heterocycles. The van der Waals surface area contributed by atoms with E-state index in [9.17, 15) is 14.4 Å². The molecule has 1 N–H and O–H groups in total. The fourth-order valence-corrected chi connectivity index (χ4v) is 4.34. The molecule has 0 bridgehead atoms. The van der Waals surface area contributed by atoms with E-state index in [0.29, 0.717) is 33.2 Å². The van der Waals surface area contributed by atoms with Gasteiger partial charge in [-0.15, -0.1) is 0 Å². The van der Waals surface area contributed by atoms with Crippen molar-refractivity contribution in [3.63, 3.8) is 0 Å². The molecule has 8 heteroatoms. The van der Waals surface area contributed by atoms with Crippen molar-refractivity contribution in [2.24, 2.45) is 0 Å². The van der Waals surface area contributed by atoms with Gasteiger partial charge in [0.15, 0.2) is 0 Å². The minimum atomic E-state index is -0.798. The van der Waals surface area contributed by atoms with Gasteiger partial charge in [0.1, 0.15) is 11.7 Å². The number of fused-ring (bicyclic) bond motifs is 1. The van der Waals surface area contributed by atoms with Crippen LogP contribution in [0.25, 0.3) is 0 Å². The number of carbonyl (C=O) groups is 3. The third-order valence-corrected chi connectivity index (χ3v) is 6.24. The summed E-state index contributed by atoms with van der Waals surface area (Å²) in [5.74, 6) is -0.808. The topological polar surface area (TPSA) is 92.3 Å². The van der Waals surface area contributed by atoms with Gasteiger partial charge in [0.05, 0.1) is 11.3 Å². The highest BCUT2D eigenvalue weighted by Crippen LogP contribution is 2.28. The lowest BCUT2D eigenvalue weighted by atomic mass is 10.0. The van der Waals surface area contributed by atoms with Crippen molar-refractivity contribution in [2.45, 2.75) is 19.0 Å². The molecule has 2 aromatic carbocycles. The molecule has 5 rings (SSSR count). The van der Waals surface area contributed by atoms with Crippen molar-refractivity contribution in [2.75, 3.05) is 5.32 Å². The number of hydrogen-bond donors (Lipinski definition) is 1. The van der Waals surface area contributed by atoms with E-state index in [1.165, 1.54) is 0 Å². The number of benzene rings is 2. The Labute approximate surface area is 212 Å². The van der Waals surface area contributed by atoms with Crippen LogP contribution in [-0.4, -0.2) is 38.5 Å². The summed E-state index contributed by atoms with van der Waals surface area (Å²) in [6.07, 6.45) is 3.47. The minimum absolute atomic E-state index is 0.171. The van der Waals surface area contributed by atoms with Crippen molar-refractivity contribution < 1.29 is 14.4 Å². The zero-order chi connectivity index (χ0) is 25.1. The molecule has 4 aromatic rings. The first-order chi connectivity index (χ1) is 17.5. The lowest BCUT2D eigenvalue weighted by Gasteiger charge is -2.28. The Morgan fingerprint density at radius 1 is 0.917 bits per heavy atom. The van der Waals surface area contributed by atoms with E-state index in [0.717, 1.165) is 5.56 Å². The van der Waals surface area contributed by atoms with Gasteiger partial charge in [0, 0.05) is 41.6 Å². The van der Waals surface area contributed by atoms with Gasteiger partial charge in [-0.1, -0.05) is 48.0 Å². The second-order valence-electron chi connectivity index (χ2n) is 8.39. The summed E-state index contributed by atoms with van der Waals surface area (Å²) in [4.78, 5) is 49.7. The fraction of sp³-hybridized carbons (Fsp3) is 0.107. The zero-order valence-corrected chi connectivity index (χ0v) is 19.9. The van der Waals surface area contributed by atoms with Gasteiger partial charge in [-0.25, -0.2) is 0 Å².